The van der Waals surface area contributed by atoms with Gasteiger partial charge in [-0.3, -0.25) is 14.5 Å². The van der Waals surface area contributed by atoms with Crippen LogP contribution in [0.1, 0.15) is 19.3 Å². The lowest BCUT2D eigenvalue weighted by Crippen LogP contribution is -2.50. The Morgan fingerprint density at radius 1 is 1.37 bits per heavy atom. The van der Waals surface area contributed by atoms with Crippen molar-refractivity contribution in [1.29, 1.82) is 0 Å². The Bertz CT molecular complexity index is 384. The zero-order valence-electron chi connectivity index (χ0n) is 11.0. The van der Waals surface area contributed by atoms with Crippen LogP contribution in [0.2, 0.25) is 0 Å². The zero-order chi connectivity index (χ0) is 13.8. The van der Waals surface area contributed by atoms with Crippen LogP contribution in [0.3, 0.4) is 0 Å². The smallest absolute Gasteiger partial charge is 0.416 e. The Hall–Kier alpha value is -1.63. The molecule has 2 heterocycles. The highest BCUT2D eigenvalue weighted by molar-refractivity contribution is 5.94. The largest absolute Gasteiger partial charge is 0.468 e. The number of hydrogen-bond donors (Lipinski definition) is 0. The van der Waals surface area contributed by atoms with Crippen molar-refractivity contribution >= 4 is 18.0 Å². The van der Waals surface area contributed by atoms with E-state index in [4.69, 9.17) is 9.47 Å². The van der Waals surface area contributed by atoms with Crippen molar-refractivity contribution < 1.29 is 23.9 Å². The molecule has 0 unspecified atom stereocenters. The molecule has 2 aliphatic rings. The third-order valence-corrected chi connectivity index (χ3v) is 3.49. The van der Waals surface area contributed by atoms with Gasteiger partial charge in [0, 0.05) is 0 Å². The van der Waals surface area contributed by atoms with E-state index in [2.05, 4.69) is 0 Å². The minimum absolute atomic E-state index is 0.0505. The molecular formula is C12H18N2O5. The fourth-order valence-electron chi connectivity index (χ4n) is 2.46. The highest BCUT2D eigenvalue weighted by atomic mass is 16.6. The number of carbonyl (C=O) groups excluding carboxylic acids is 3. The van der Waals surface area contributed by atoms with Gasteiger partial charge in [-0.05, 0) is 19.4 Å². The van der Waals surface area contributed by atoms with Gasteiger partial charge in [-0.25, -0.2) is 9.69 Å². The van der Waals surface area contributed by atoms with Crippen LogP contribution in [0.5, 0.6) is 0 Å². The summed E-state index contributed by atoms with van der Waals surface area (Å²) in [7, 11) is 1.34. The van der Waals surface area contributed by atoms with E-state index < -0.39 is 6.09 Å². The van der Waals surface area contributed by atoms with Crippen LogP contribution in [0.25, 0.3) is 0 Å². The zero-order valence-corrected chi connectivity index (χ0v) is 11.0. The summed E-state index contributed by atoms with van der Waals surface area (Å²) in [6.45, 7) is 1.24. The summed E-state index contributed by atoms with van der Waals surface area (Å²) in [5.74, 6) is -0.644. The second-order valence-electron chi connectivity index (χ2n) is 4.66. The van der Waals surface area contributed by atoms with Gasteiger partial charge >= 0.3 is 12.1 Å². The second kappa shape index (κ2) is 6.01. The molecule has 2 fully saturated rings. The van der Waals surface area contributed by atoms with Gasteiger partial charge in [-0.2, -0.15) is 0 Å². The van der Waals surface area contributed by atoms with E-state index in [1.54, 1.807) is 4.90 Å². The topological polar surface area (TPSA) is 76.2 Å². The van der Waals surface area contributed by atoms with Gasteiger partial charge in [-0.15, -0.1) is 0 Å². The highest BCUT2D eigenvalue weighted by Gasteiger charge is 2.34. The Kier molecular flexibility index (Phi) is 4.36. The SMILES string of the molecule is COC(=O)[C@H]1CCCCN1CC(=O)N1CCOC1=O. The van der Waals surface area contributed by atoms with E-state index in [1.807, 2.05) is 0 Å². The van der Waals surface area contributed by atoms with Crippen LogP contribution in [0.15, 0.2) is 0 Å². The summed E-state index contributed by atoms with van der Waals surface area (Å²) in [4.78, 5) is 37.8. The lowest BCUT2D eigenvalue weighted by Gasteiger charge is -2.33. The predicted molar refractivity (Wildman–Crippen MR) is 64.3 cm³/mol. The summed E-state index contributed by atoms with van der Waals surface area (Å²) in [5, 5.41) is 0. The summed E-state index contributed by atoms with van der Waals surface area (Å²) in [5.41, 5.74) is 0. The molecule has 7 nitrogen and oxygen atoms in total. The number of cyclic esters (lactones) is 1. The maximum atomic E-state index is 12.0. The van der Waals surface area contributed by atoms with Crippen LogP contribution in [0.4, 0.5) is 4.79 Å². The van der Waals surface area contributed by atoms with Gasteiger partial charge in [0.1, 0.15) is 12.6 Å². The van der Waals surface area contributed by atoms with Crippen molar-refractivity contribution in [2.45, 2.75) is 25.3 Å². The molecule has 0 aromatic carbocycles. The number of imide groups is 1. The number of likely N-dealkylation sites (tertiary alicyclic amines) is 1. The first kappa shape index (κ1) is 13.8. The van der Waals surface area contributed by atoms with Crippen LogP contribution in [0, 0.1) is 0 Å². The average Bonchev–Trinajstić information content (AvgIpc) is 2.85. The number of carbonyl (C=O) groups is 3. The minimum Gasteiger partial charge on any atom is -0.468 e. The number of hydrogen-bond acceptors (Lipinski definition) is 6. The van der Waals surface area contributed by atoms with E-state index >= 15 is 0 Å². The molecule has 106 valence electrons. The average molecular weight is 270 g/mol. The quantitative estimate of drug-likeness (QED) is 0.671. The molecule has 0 N–H and O–H groups in total. The van der Waals surface area contributed by atoms with Crippen LogP contribution < -0.4 is 0 Å². The van der Waals surface area contributed by atoms with Crippen molar-refractivity contribution in [2.24, 2.45) is 0 Å². The molecule has 1 atom stereocenters. The van der Waals surface area contributed by atoms with E-state index in [9.17, 15) is 14.4 Å². The van der Waals surface area contributed by atoms with Gasteiger partial charge < -0.3 is 9.47 Å². The van der Waals surface area contributed by atoms with E-state index in [0.29, 0.717) is 13.0 Å². The van der Waals surface area contributed by atoms with Gasteiger partial charge in [-0.1, -0.05) is 6.42 Å². The molecule has 2 amide bonds. The Balaban J connectivity index is 1.97. The summed E-state index contributed by atoms with van der Waals surface area (Å²) in [6, 6.07) is -0.388. The maximum Gasteiger partial charge on any atom is 0.416 e. The number of amides is 2. The van der Waals surface area contributed by atoms with Crippen molar-refractivity contribution in [3.05, 3.63) is 0 Å². The lowest BCUT2D eigenvalue weighted by molar-refractivity contribution is -0.149. The number of rotatable bonds is 3. The molecule has 0 aromatic rings. The molecule has 2 aliphatic heterocycles. The van der Waals surface area contributed by atoms with Crippen LogP contribution in [-0.2, 0) is 19.1 Å². The molecule has 0 bridgehead atoms. The number of methoxy groups -OCH3 is 1. The molecule has 0 aliphatic carbocycles. The molecule has 0 radical (unpaired) electrons. The van der Waals surface area contributed by atoms with Crippen molar-refractivity contribution in [3.63, 3.8) is 0 Å². The Morgan fingerprint density at radius 2 is 2.16 bits per heavy atom. The third-order valence-electron chi connectivity index (χ3n) is 3.49. The lowest BCUT2D eigenvalue weighted by atomic mass is 10.0. The fourth-order valence-corrected chi connectivity index (χ4v) is 2.46. The monoisotopic (exact) mass is 270 g/mol. The molecule has 0 saturated carbocycles. The first-order valence-corrected chi connectivity index (χ1v) is 6.42. The van der Waals surface area contributed by atoms with Crippen LogP contribution in [-0.4, -0.2) is 67.2 Å². The first-order valence-electron chi connectivity index (χ1n) is 6.42. The normalized spacial score (nSPS) is 24.2. The van der Waals surface area contributed by atoms with Gasteiger partial charge in [0.25, 0.3) is 0 Å². The molecule has 0 aromatic heterocycles. The van der Waals surface area contributed by atoms with Crippen molar-refractivity contribution in [1.82, 2.24) is 9.80 Å². The summed E-state index contributed by atoms with van der Waals surface area (Å²) in [6.07, 6.45) is 1.96. The van der Waals surface area contributed by atoms with Crippen molar-refractivity contribution in [3.8, 4) is 0 Å². The van der Waals surface area contributed by atoms with Crippen molar-refractivity contribution in [2.75, 3.05) is 33.4 Å². The number of ether oxygens (including phenoxy) is 2. The number of piperidine rings is 1. The molecule has 0 spiro atoms. The second-order valence-corrected chi connectivity index (χ2v) is 4.66. The van der Waals surface area contributed by atoms with Gasteiger partial charge in [0.2, 0.25) is 5.91 Å². The fraction of sp³-hybridized carbons (Fsp3) is 0.750. The number of esters is 1. The standard InChI is InChI=1S/C12H18N2O5/c1-18-11(16)9-4-2-3-5-13(9)8-10(15)14-6-7-19-12(14)17/h9H,2-8H2,1H3/t9-/m1/s1. The predicted octanol–water partition coefficient (Wildman–Crippen LogP) is -0.00730. The molecule has 7 heteroatoms. The highest BCUT2D eigenvalue weighted by Crippen LogP contribution is 2.18. The summed E-state index contributed by atoms with van der Waals surface area (Å²) < 4.78 is 9.48. The van der Waals surface area contributed by atoms with E-state index in [0.717, 1.165) is 17.7 Å². The molecule has 2 saturated heterocycles. The Labute approximate surface area is 111 Å². The third kappa shape index (κ3) is 3.04. The maximum absolute atomic E-state index is 12.0. The van der Waals surface area contributed by atoms with Gasteiger partial charge in [0.15, 0.2) is 0 Å². The van der Waals surface area contributed by atoms with E-state index in [1.165, 1.54) is 7.11 Å². The molecular weight excluding hydrogens is 252 g/mol. The molecule has 19 heavy (non-hydrogen) atoms. The number of nitrogens with zero attached hydrogens (tertiary/aromatic N) is 2. The van der Waals surface area contributed by atoms with Gasteiger partial charge in [0.05, 0.1) is 20.2 Å². The Morgan fingerprint density at radius 3 is 2.79 bits per heavy atom. The summed E-state index contributed by atoms with van der Waals surface area (Å²) >= 11 is 0. The minimum atomic E-state index is -0.600. The van der Waals surface area contributed by atoms with Crippen LogP contribution >= 0.6 is 0 Å². The van der Waals surface area contributed by atoms with E-state index in [-0.39, 0.29) is 37.6 Å². The molecule has 2 rings (SSSR count). The first-order chi connectivity index (χ1) is 9.13.